The van der Waals surface area contributed by atoms with Gasteiger partial charge < -0.3 is 10.1 Å². The number of methoxy groups -OCH3 is 1. The molecule has 2 aromatic rings. The Morgan fingerprint density at radius 1 is 1.19 bits per heavy atom. The van der Waals surface area contributed by atoms with Crippen LogP contribution in [0.1, 0.15) is 0 Å². The molecule has 2 rings (SSSR count). The number of sulfonamides is 1. The van der Waals surface area contributed by atoms with E-state index in [0.717, 1.165) is 10.6 Å². The number of halogens is 3. The van der Waals surface area contributed by atoms with Crippen LogP contribution in [0.2, 0.25) is 15.1 Å². The molecule has 2 aromatic carbocycles. The normalized spacial score (nSPS) is 11.1. The van der Waals surface area contributed by atoms with Crippen molar-refractivity contribution in [3.8, 4) is 5.75 Å². The third-order valence-corrected chi connectivity index (χ3v) is 5.50. The molecule has 10 heteroatoms. The Labute approximate surface area is 166 Å². The molecule has 26 heavy (non-hydrogen) atoms. The molecule has 0 atom stereocenters. The summed E-state index contributed by atoms with van der Waals surface area (Å²) in [5, 5.41) is 3.26. The van der Waals surface area contributed by atoms with Crippen LogP contribution in [0.3, 0.4) is 0 Å². The van der Waals surface area contributed by atoms with Gasteiger partial charge in [-0.15, -0.1) is 0 Å². The predicted octanol–water partition coefficient (Wildman–Crippen LogP) is 4.06. The van der Waals surface area contributed by atoms with Gasteiger partial charge in [-0.25, -0.2) is 8.42 Å². The first-order chi connectivity index (χ1) is 12.1. The molecule has 1 N–H and O–H groups in total. The van der Waals surface area contributed by atoms with Gasteiger partial charge in [0.05, 0.1) is 34.8 Å². The summed E-state index contributed by atoms with van der Waals surface area (Å²) >= 11 is 17.9. The second kappa shape index (κ2) is 8.35. The Morgan fingerprint density at radius 2 is 1.88 bits per heavy atom. The fraction of sp³-hybridized carbons (Fsp3) is 0.188. The van der Waals surface area contributed by atoms with Crippen molar-refractivity contribution < 1.29 is 17.9 Å². The van der Waals surface area contributed by atoms with Gasteiger partial charge in [-0.2, -0.15) is 0 Å². The van der Waals surface area contributed by atoms with Crippen molar-refractivity contribution >= 4 is 62.1 Å². The van der Waals surface area contributed by atoms with Crippen LogP contribution in [0.15, 0.2) is 36.4 Å². The van der Waals surface area contributed by atoms with Crippen molar-refractivity contribution in [1.29, 1.82) is 0 Å². The molecule has 0 aliphatic rings. The van der Waals surface area contributed by atoms with Crippen LogP contribution in [0.5, 0.6) is 5.75 Å². The van der Waals surface area contributed by atoms with Crippen molar-refractivity contribution in [3.05, 3.63) is 51.5 Å². The molecule has 0 bridgehead atoms. The van der Waals surface area contributed by atoms with E-state index in [2.05, 4.69) is 5.32 Å². The molecule has 0 heterocycles. The summed E-state index contributed by atoms with van der Waals surface area (Å²) in [5.74, 6) is -0.352. The van der Waals surface area contributed by atoms with Gasteiger partial charge >= 0.3 is 0 Å². The highest BCUT2D eigenvalue weighted by Gasteiger charge is 2.24. The first-order valence-electron chi connectivity index (χ1n) is 7.18. The maximum atomic E-state index is 12.4. The van der Waals surface area contributed by atoms with Crippen molar-refractivity contribution in [1.82, 2.24) is 0 Å². The van der Waals surface area contributed by atoms with Crippen molar-refractivity contribution in [2.75, 3.05) is 29.5 Å². The molecule has 0 saturated heterocycles. The van der Waals surface area contributed by atoms with E-state index < -0.39 is 22.5 Å². The first-order valence-corrected chi connectivity index (χ1v) is 10.2. The van der Waals surface area contributed by atoms with Gasteiger partial charge in [0, 0.05) is 5.02 Å². The fourth-order valence-corrected chi connectivity index (χ4v) is 3.53. The molecule has 0 unspecified atom stereocenters. The minimum atomic E-state index is -3.80. The van der Waals surface area contributed by atoms with Gasteiger partial charge in [0.2, 0.25) is 15.9 Å². The number of benzene rings is 2. The molecular weight excluding hydrogens is 423 g/mol. The van der Waals surface area contributed by atoms with Gasteiger partial charge in [-0.05, 0) is 30.3 Å². The van der Waals surface area contributed by atoms with Crippen LogP contribution >= 0.6 is 34.8 Å². The second-order valence-electron chi connectivity index (χ2n) is 5.24. The molecule has 140 valence electrons. The highest BCUT2D eigenvalue weighted by atomic mass is 35.5. The van der Waals surface area contributed by atoms with Crippen LogP contribution in [0.25, 0.3) is 0 Å². The van der Waals surface area contributed by atoms with E-state index in [0.29, 0.717) is 5.02 Å². The summed E-state index contributed by atoms with van der Waals surface area (Å²) in [4.78, 5) is 12.4. The van der Waals surface area contributed by atoms with E-state index in [9.17, 15) is 13.2 Å². The number of ether oxygens (including phenoxy) is 1. The third-order valence-electron chi connectivity index (χ3n) is 3.32. The lowest BCUT2D eigenvalue weighted by atomic mass is 10.3. The third kappa shape index (κ3) is 4.94. The molecule has 0 aromatic heterocycles. The standard InChI is InChI=1S/C16H15Cl3N2O4S/c1-25-14-7-6-10(17)8-13(14)21(26(2,23)24)9-15(22)20-12-5-3-4-11(18)16(12)19/h3-8H,9H2,1-2H3,(H,20,22). The number of rotatable bonds is 6. The van der Waals surface area contributed by atoms with Gasteiger partial charge in [0.1, 0.15) is 12.3 Å². The van der Waals surface area contributed by atoms with Crippen molar-refractivity contribution in [2.45, 2.75) is 0 Å². The fourth-order valence-electron chi connectivity index (χ4n) is 2.16. The summed E-state index contributed by atoms with van der Waals surface area (Å²) in [6, 6.07) is 9.20. The molecule has 1 amide bonds. The van der Waals surface area contributed by atoms with Gasteiger partial charge in [-0.1, -0.05) is 40.9 Å². The number of nitrogens with one attached hydrogen (secondary N) is 1. The Bertz CT molecular complexity index is 935. The Morgan fingerprint density at radius 3 is 2.50 bits per heavy atom. The number of carbonyl (C=O) groups excluding carboxylic acids is 1. The van der Waals surface area contributed by atoms with Gasteiger partial charge in [0.15, 0.2) is 0 Å². The summed E-state index contributed by atoms with van der Waals surface area (Å²) in [5.41, 5.74) is 0.422. The summed E-state index contributed by atoms with van der Waals surface area (Å²) < 4.78 is 30.5. The highest BCUT2D eigenvalue weighted by molar-refractivity contribution is 7.92. The lowest BCUT2D eigenvalue weighted by Gasteiger charge is -2.24. The molecule has 0 fully saturated rings. The van der Waals surface area contributed by atoms with Gasteiger partial charge in [-0.3, -0.25) is 9.10 Å². The largest absolute Gasteiger partial charge is 0.495 e. The second-order valence-corrected chi connectivity index (χ2v) is 8.36. The van der Waals surface area contributed by atoms with Crippen molar-refractivity contribution in [2.24, 2.45) is 0 Å². The van der Waals surface area contributed by atoms with Gasteiger partial charge in [0.25, 0.3) is 0 Å². The summed E-state index contributed by atoms with van der Waals surface area (Å²) in [6.07, 6.45) is 0.979. The maximum Gasteiger partial charge on any atom is 0.245 e. The maximum absolute atomic E-state index is 12.4. The summed E-state index contributed by atoms with van der Waals surface area (Å²) in [6.45, 7) is -0.502. The predicted molar refractivity (Wildman–Crippen MR) is 105 cm³/mol. The SMILES string of the molecule is COc1ccc(Cl)cc1N(CC(=O)Nc1cccc(Cl)c1Cl)S(C)(=O)=O. The minimum absolute atomic E-state index is 0.148. The van der Waals surface area contributed by atoms with Crippen LogP contribution < -0.4 is 14.4 Å². The number of nitrogens with zero attached hydrogens (tertiary/aromatic N) is 1. The first kappa shape index (κ1) is 20.6. The molecule has 0 aliphatic heterocycles. The van der Waals surface area contributed by atoms with E-state index in [1.807, 2.05) is 0 Å². The zero-order valence-corrected chi connectivity index (χ0v) is 16.9. The van der Waals surface area contributed by atoms with Crippen LogP contribution in [0.4, 0.5) is 11.4 Å². The molecular formula is C16H15Cl3N2O4S. The van der Waals surface area contributed by atoms with Crippen LogP contribution in [-0.2, 0) is 14.8 Å². The van der Waals surface area contributed by atoms with E-state index in [-0.39, 0.29) is 27.2 Å². The Kier molecular flexibility index (Phi) is 6.63. The monoisotopic (exact) mass is 436 g/mol. The topological polar surface area (TPSA) is 75.7 Å². The van der Waals surface area contributed by atoms with E-state index >= 15 is 0 Å². The minimum Gasteiger partial charge on any atom is -0.495 e. The van der Waals surface area contributed by atoms with Crippen LogP contribution in [-0.4, -0.2) is 34.2 Å². The number of hydrogen-bond acceptors (Lipinski definition) is 4. The van der Waals surface area contributed by atoms with Crippen molar-refractivity contribution in [3.63, 3.8) is 0 Å². The van der Waals surface area contributed by atoms with E-state index in [4.69, 9.17) is 39.5 Å². The smallest absolute Gasteiger partial charge is 0.245 e. The molecule has 0 spiro atoms. The number of carbonyl (C=O) groups is 1. The average Bonchev–Trinajstić information content (AvgIpc) is 2.56. The van der Waals surface area contributed by atoms with E-state index in [1.165, 1.54) is 19.2 Å². The number of anilines is 2. The molecule has 0 saturated carbocycles. The number of hydrogen-bond donors (Lipinski definition) is 1. The summed E-state index contributed by atoms with van der Waals surface area (Å²) in [7, 11) is -2.41. The molecule has 0 radical (unpaired) electrons. The average molecular weight is 438 g/mol. The quantitative estimate of drug-likeness (QED) is 0.739. The Balaban J connectivity index is 2.34. The molecule has 0 aliphatic carbocycles. The highest BCUT2D eigenvalue weighted by Crippen LogP contribution is 2.33. The van der Waals surface area contributed by atoms with E-state index in [1.54, 1.807) is 24.3 Å². The Hall–Kier alpha value is -1.67. The zero-order chi connectivity index (χ0) is 19.5. The number of amides is 1. The van der Waals surface area contributed by atoms with Crippen LogP contribution in [0, 0.1) is 0 Å². The lowest BCUT2D eigenvalue weighted by molar-refractivity contribution is -0.114. The zero-order valence-electron chi connectivity index (χ0n) is 13.8. The molecule has 6 nitrogen and oxygen atoms in total. The lowest BCUT2D eigenvalue weighted by Crippen LogP contribution is -2.37.